The number of nitriles is 2. The Morgan fingerprint density at radius 3 is 2.33 bits per heavy atom. The number of fused-ring (bicyclic) bond motifs is 1. The van der Waals surface area contributed by atoms with Crippen molar-refractivity contribution in [3.8, 4) is 12.1 Å². The van der Waals surface area contributed by atoms with E-state index in [9.17, 15) is 0 Å². The number of allylic oxidation sites excluding steroid dienone is 3. The van der Waals surface area contributed by atoms with Gasteiger partial charge in [0.1, 0.15) is 17.7 Å². The van der Waals surface area contributed by atoms with Gasteiger partial charge in [-0.05, 0) is 40.6 Å². The van der Waals surface area contributed by atoms with E-state index in [4.69, 9.17) is 10.5 Å². The summed E-state index contributed by atoms with van der Waals surface area (Å²) < 4.78 is 0. The number of benzene rings is 2. The van der Waals surface area contributed by atoms with Crippen molar-refractivity contribution in [2.24, 2.45) is 0 Å². The minimum atomic E-state index is 0.0997. The van der Waals surface area contributed by atoms with Crippen molar-refractivity contribution in [2.75, 3.05) is 19.0 Å². The molecule has 2 rings (SSSR count). The lowest BCUT2D eigenvalue weighted by atomic mass is 10.1. The molecule has 0 radical (unpaired) electrons. The number of anilines is 1. The summed E-state index contributed by atoms with van der Waals surface area (Å²) in [5.74, 6) is 0. The van der Waals surface area contributed by atoms with Gasteiger partial charge >= 0.3 is 0 Å². The molecule has 0 bridgehead atoms. The highest BCUT2D eigenvalue weighted by molar-refractivity contribution is 5.87. The van der Waals surface area contributed by atoms with Gasteiger partial charge in [0.2, 0.25) is 0 Å². The van der Waals surface area contributed by atoms with Crippen LogP contribution in [0.15, 0.2) is 54.1 Å². The maximum atomic E-state index is 8.66. The molecule has 2 aromatic carbocycles. The molecule has 3 heteroatoms. The first-order valence-electron chi connectivity index (χ1n) is 6.54. The van der Waals surface area contributed by atoms with Crippen LogP contribution in [0.3, 0.4) is 0 Å². The maximum Gasteiger partial charge on any atom is 0.129 e. The van der Waals surface area contributed by atoms with Crippen molar-refractivity contribution in [3.63, 3.8) is 0 Å². The number of hydrogen-bond donors (Lipinski definition) is 0. The Morgan fingerprint density at radius 2 is 1.67 bits per heavy atom. The van der Waals surface area contributed by atoms with E-state index in [1.165, 1.54) is 17.1 Å². The molecule has 0 aliphatic carbocycles. The Balaban J connectivity index is 2.30. The van der Waals surface area contributed by atoms with Gasteiger partial charge in [-0.25, -0.2) is 0 Å². The topological polar surface area (TPSA) is 50.8 Å². The van der Waals surface area contributed by atoms with Crippen LogP contribution < -0.4 is 4.90 Å². The summed E-state index contributed by atoms with van der Waals surface area (Å²) in [6.45, 7) is 0. The first kappa shape index (κ1) is 14.4. The predicted octanol–water partition coefficient (Wildman–Crippen LogP) is 3.89. The summed E-state index contributed by atoms with van der Waals surface area (Å²) >= 11 is 0. The van der Waals surface area contributed by atoms with E-state index >= 15 is 0 Å². The standard InChI is InChI=1S/C18H15N3/c1-21(2)18-9-8-16-10-14(6-7-17(16)11-18)4-3-5-15(12-19)13-20/h3-11H,1-2H3. The molecule has 0 N–H and O–H groups in total. The Morgan fingerprint density at radius 1 is 1.00 bits per heavy atom. The van der Waals surface area contributed by atoms with Gasteiger partial charge in [0.15, 0.2) is 0 Å². The molecule has 0 saturated heterocycles. The molecule has 0 aliphatic heterocycles. The van der Waals surface area contributed by atoms with Gasteiger partial charge in [0, 0.05) is 19.8 Å². The van der Waals surface area contributed by atoms with Crippen molar-refractivity contribution < 1.29 is 0 Å². The van der Waals surface area contributed by atoms with Gasteiger partial charge < -0.3 is 4.90 Å². The molecule has 0 aliphatic rings. The smallest absolute Gasteiger partial charge is 0.129 e. The van der Waals surface area contributed by atoms with Gasteiger partial charge in [-0.2, -0.15) is 10.5 Å². The third-order valence-electron chi connectivity index (χ3n) is 3.16. The summed E-state index contributed by atoms with van der Waals surface area (Å²) in [4.78, 5) is 2.07. The molecular formula is C18H15N3. The molecule has 0 atom stereocenters. The first-order chi connectivity index (χ1) is 10.1. The molecule has 21 heavy (non-hydrogen) atoms. The van der Waals surface area contributed by atoms with E-state index in [-0.39, 0.29) is 5.57 Å². The van der Waals surface area contributed by atoms with Gasteiger partial charge in [0.05, 0.1) is 0 Å². The molecule has 0 aromatic heterocycles. The zero-order valence-corrected chi connectivity index (χ0v) is 12.0. The van der Waals surface area contributed by atoms with Crippen LogP contribution in [0, 0.1) is 22.7 Å². The van der Waals surface area contributed by atoms with Crippen LogP contribution in [-0.4, -0.2) is 14.1 Å². The fourth-order valence-electron chi connectivity index (χ4n) is 1.99. The lowest BCUT2D eigenvalue weighted by molar-refractivity contribution is 1.14. The molecule has 0 saturated carbocycles. The van der Waals surface area contributed by atoms with Crippen LogP contribution in [0.2, 0.25) is 0 Å². The summed E-state index contributed by atoms with van der Waals surface area (Å²) in [7, 11) is 4.04. The largest absolute Gasteiger partial charge is 0.378 e. The summed E-state index contributed by atoms with van der Waals surface area (Å²) in [5.41, 5.74) is 2.30. The van der Waals surface area contributed by atoms with Gasteiger partial charge in [-0.15, -0.1) is 0 Å². The van der Waals surface area contributed by atoms with Crippen molar-refractivity contribution in [2.45, 2.75) is 0 Å². The average molecular weight is 273 g/mol. The maximum absolute atomic E-state index is 8.66. The third kappa shape index (κ3) is 3.49. The molecular weight excluding hydrogens is 258 g/mol. The lowest BCUT2D eigenvalue weighted by Gasteiger charge is -2.13. The molecule has 0 amide bonds. The van der Waals surface area contributed by atoms with Crippen LogP contribution in [0.5, 0.6) is 0 Å². The van der Waals surface area contributed by atoms with Crippen LogP contribution >= 0.6 is 0 Å². The minimum absolute atomic E-state index is 0.0997. The van der Waals surface area contributed by atoms with E-state index in [1.807, 2.05) is 38.4 Å². The molecule has 0 spiro atoms. The Hall–Kier alpha value is -3.04. The predicted molar refractivity (Wildman–Crippen MR) is 86.6 cm³/mol. The quantitative estimate of drug-likeness (QED) is 0.629. The molecule has 0 unspecified atom stereocenters. The lowest BCUT2D eigenvalue weighted by Crippen LogP contribution is -2.07. The van der Waals surface area contributed by atoms with Gasteiger partial charge in [-0.3, -0.25) is 0 Å². The normalized spacial score (nSPS) is 10.1. The molecule has 102 valence electrons. The number of hydrogen-bond acceptors (Lipinski definition) is 3. The number of nitrogens with zero attached hydrogens (tertiary/aromatic N) is 3. The summed E-state index contributed by atoms with van der Waals surface area (Å²) in [6.07, 6.45) is 5.12. The van der Waals surface area contributed by atoms with Crippen LogP contribution in [-0.2, 0) is 0 Å². The first-order valence-corrected chi connectivity index (χ1v) is 6.54. The van der Waals surface area contributed by atoms with Gasteiger partial charge in [-0.1, -0.05) is 30.4 Å². The molecule has 2 aromatic rings. The second kappa shape index (κ2) is 6.41. The zero-order chi connectivity index (χ0) is 15.2. The van der Waals surface area contributed by atoms with Crippen molar-refractivity contribution in [3.05, 3.63) is 59.7 Å². The van der Waals surface area contributed by atoms with Gasteiger partial charge in [0.25, 0.3) is 0 Å². The summed E-state index contributed by atoms with van der Waals surface area (Å²) in [5, 5.41) is 19.7. The van der Waals surface area contributed by atoms with E-state index < -0.39 is 0 Å². The van der Waals surface area contributed by atoms with Crippen LogP contribution in [0.4, 0.5) is 5.69 Å². The van der Waals surface area contributed by atoms with Crippen molar-refractivity contribution in [1.82, 2.24) is 0 Å². The highest BCUT2D eigenvalue weighted by Gasteiger charge is 1.98. The zero-order valence-electron chi connectivity index (χ0n) is 12.0. The van der Waals surface area contributed by atoms with Crippen molar-refractivity contribution >= 4 is 22.5 Å². The number of rotatable bonds is 3. The molecule has 0 heterocycles. The van der Waals surface area contributed by atoms with Crippen LogP contribution in [0.1, 0.15) is 5.56 Å². The highest BCUT2D eigenvalue weighted by Crippen LogP contribution is 2.22. The van der Waals surface area contributed by atoms with Crippen LogP contribution in [0.25, 0.3) is 16.8 Å². The second-order valence-electron chi connectivity index (χ2n) is 4.85. The Kier molecular flexibility index (Phi) is 4.39. The minimum Gasteiger partial charge on any atom is -0.378 e. The SMILES string of the molecule is CN(C)c1ccc2cc(C=CC=C(C#N)C#N)ccc2c1. The Bertz CT molecular complexity index is 783. The van der Waals surface area contributed by atoms with Crippen molar-refractivity contribution in [1.29, 1.82) is 10.5 Å². The fourth-order valence-corrected chi connectivity index (χ4v) is 1.99. The molecule has 3 nitrogen and oxygen atoms in total. The monoisotopic (exact) mass is 273 g/mol. The Labute approximate surface area is 124 Å². The van der Waals surface area contributed by atoms with E-state index in [0.717, 1.165) is 10.9 Å². The highest BCUT2D eigenvalue weighted by atomic mass is 15.1. The molecule has 0 fully saturated rings. The second-order valence-corrected chi connectivity index (χ2v) is 4.85. The van der Waals surface area contributed by atoms with E-state index in [1.54, 1.807) is 6.08 Å². The fraction of sp³-hybridized carbons (Fsp3) is 0.111. The summed E-state index contributed by atoms with van der Waals surface area (Å²) in [6, 6.07) is 16.1. The third-order valence-corrected chi connectivity index (χ3v) is 3.16. The van der Waals surface area contributed by atoms with E-state index in [0.29, 0.717) is 0 Å². The van der Waals surface area contributed by atoms with E-state index in [2.05, 4.69) is 35.2 Å². The average Bonchev–Trinajstić information content (AvgIpc) is 2.51.